The van der Waals surface area contributed by atoms with Gasteiger partial charge >= 0.3 is 0 Å². The smallest absolute Gasteiger partial charge is 0.176 e. The summed E-state index contributed by atoms with van der Waals surface area (Å²) in [4.78, 5) is 0. The molecule has 4 heteroatoms. The monoisotopic (exact) mass is 293 g/mol. The molecule has 0 aliphatic heterocycles. The van der Waals surface area contributed by atoms with E-state index < -0.39 is 0 Å². The zero-order chi connectivity index (χ0) is 9.14. The molecule has 0 unspecified atom stereocenters. The number of ether oxygens (including phenoxy) is 2. The molecule has 0 spiro atoms. The van der Waals surface area contributed by atoms with Crippen molar-refractivity contribution in [2.75, 3.05) is 14.2 Å². The second kappa shape index (κ2) is 4.14. The van der Waals surface area contributed by atoms with E-state index in [2.05, 4.69) is 37.9 Å². The minimum atomic E-state index is 0.645. The molecule has 0 atom stereocenters. The Morgan fingerprint density at radius 3 is 2.17 bits per heavy atom. The van der Waals surface area contributed by atoms with Gasteiger partial charge in [0.2, 0.25) is 0 Å². The molecule has 0 bridgehead atoms. The van der Waals surface area contributed by atoms with Crippen LogP contribution in [0.15, 0.2) is 15.0 Å². The Kier molecular flexibility index (Phi) is 3.40. The molecule has 0 N–H and O–H groups in total. The molecule has 0 aliphatic carbocycles. The Balaban J connectivity index is 3.28. The van der Waals surface area contributed by atoms with Gasteiger partial charge in [0.15, 0.2) is 11.5 Å². The van der Waals surface area contributed by atoms with Crippen molar-refractivity contribution in [1.29, 1.82) is 0 Å². The van der Waals surface area contributed by atoms with Crippen LogP contribution in [0.1, 0.15) is 0 Å². The van der Waals surface area contributed by atoms with Crippen LogP contribution in [-0.4, -0.2) is 14.2 Å². The van der Waals surface area contributed by atoms with Crippen molar-refractivity contribution in [2.45, 2.75) is 0 Å². The summed E-state index contributed by atoms with van der Waals surface area (Å²) >= 11 is 6.63. The molecule has 0 aromatic heterocycles. The first kappa shape index (κ1) is 9.86. The van der Waals surface area contributed by atoms with Crippen LogP contribution in [0.3, 0.4) is 0 Å². The van der Waals surface area contributed by atoms with Gasteiger partial charge in [0, 0.05) is 6.07 Å². The Morgan fingerprint density at radius 1 is 1.17 bits per heavy atom. The average Bonchev–Trinajstić information content (AvgIpc) is 2.08. The summed E-state index contributed by atoms with van der Waals surface area (Å²) in [5.41, 5.74) is 0. The van der Waals surface area contributed by atoms with Crippen LogP contribution in [-0.2, 0) is 0 Å². The highest BCUT2D eigenvalue weighted by Crippen LogP contribution is 2.39. The molecule has 0 aliphatic rings. The lowest BCUT2D eigenvalue weighted by molar-refractivity contribution is 0.351. The summed E-state index contributed by atoms with van der Waals surface area (Å²) in [5, 5.41) is 0. The second-order valence-corrected chi connectivity index (χ2v) is 3.66. The molecule has 0 fully saturated rings. The van der Waals surface area contributed by atoms with E-state index in [9.17, 15) is 0 Å². The van der Waals surface area contributed by atoms with E-state index in [1.54, 1.807) is 20.3 Å². The number of benzene rings is 1. The van der Waals surface area contributed by atoms with Gasteiger partial charge in [0.1, 0.15) is 0 Å². The van der Waals surface area contributed by atoms with Gasteiger partial charge in [0.25, 0.3) is 0 Å². The maximum atomic E-state index is 5.13. The van der Waals surface area contributed by atoms with E-state index in [0.29, 0.717) is 11.5 Å². The predicted molar refractivity (Wildman–Crippen MR) is 53.8 cm³/mol. The molecule has 1 rings (SSSR count). The fourth-order valence-electron chi connectivity index (χ4n) is 0.838. The van der Waals surface area contributed by atoms with Crippen molar-refractivity contribution >= 4 is 31.9 Å². The zero-order valence-electron chi connectivity index (χ0n) is 6.65. The SMILES string of the molecule is COc1c(Br)[c]cc(Br)c1OC. The van der Waals surface area contributed by atoms with Gasteiger partial charge in [-0.25, -0.2) is 0 Å². The van der Waals surface area contributed by atoms with E-state index in [1.807, 2.05) is 0 Å². The van der Waals surface area contributed by atoms with E-state index >= 15 is 0 Å². The van der Waals surface area contributed by atoms with Crippen molar-refractivity contribution in [3.8, 4) is 11.5 Å². The highest BCUT2D eigenvalue weighted by Gasteiger charge is 2.11. The van der Waals surface area contributed by atoms with Crippen molar-refractivity contribution in [3.63, 3.8) is 0 Å². The van der Waals surface area contributed by atoms with Crippen LogP contribution in [0.5, 0.6) is 11.5 Å². The lowest BCUT2D eigenvalue weighted by atomic mass is 10.3. The van der Waals surface area contributed by atoms with E-state index in [1.165, 1.54) is 0 Å². The molecule has 1 aromatic rings. The predicted octanol–water partition coefficient (Wildman–Crippen LogP) is 3.03. The minimum absolute atomic E-state index is 0.645. The topological polar surface area (TPSA) is 18.5 Å². The largest absolute Gasteiger partial charge is 0.492 e. The van der Waals surface area contributed by atoms with Crippen molar-refractivity contribution in [2.24, 2.45) is 0 Å². The Morgan fingerprint density at radius 2 is 1.75 bits per heavy atom. The lowest BCUT2D eigenvalue weighted by Crippen LogP contribution is -1.92. The third kappa shape index (κ3) is 1.75. The normalized spacial score (nSPS) is 9.67. The summed E-state index contributed by atoms with van der Waals surface area (Å²) < 4.78 is 11.8. The molecular formula is C8H7Br2O2. The summed E-state index contributed by atoms with van der Waals surface area (Å²) in [7, 11) is 3.18. The van der Waals surface area contributed by atoms with Gasteiger partial charge in [-0.1, -0.05) is 0 Å². The summed E-state index contributed by atoms with van der Waals surface area (Å²) in [6.07, 6.45) is 0. The Bertz CT molecular complexity index is 258. The van der Waals surface area contributed by atoms with Gasteiger partial charge < -0.3 is 9.47 Å². The van der Waals surface area contributed by atoms with Crippen LogP contribution >= 0.6 is 31.9 Å². The third-order valence-corrected chi connectivity index (χ3v) is 2.53. The molecular weight excluding hydrogens is 288 g/mol. The van der Waals surface area contributed by atoms with E-state index in [-0.39, 0.29) is 0 Å². The fourth-order valence-corrected chi connectivity index (χ4v) is 1.75. The minimum Gasteiger partial charge on any atom is -0.492 e. The van der Waals surface area contributed by atoms with Gasteiger partial charge in [-0.3, -0.25) is 0 Å². The van der Waals surface area contributed by atoms with Crippen LogP contribution in [0.2, 0.25) is 0 Å². The summed E-state index contributed by atoms with van der Waals surface area (Å²) in [6.45, 7) is 0. The Labute approximate surface area is 88.1 Å². The van der Waals surface area contributed by atoms with Crippen molar-refractivity contribution < 1.29 is 9.47 Å². The fraction of sp³-hybridized carbons (Fsp3) is 0.250. The van der Waals surface area contributed by atoms with Gasteiger partial charge in [0.05, 0.1) is 23.2 Å². The molecule has 0 heterocycles. The van der Waals surface area contributed by atoms with Crippen molar-refractivity contribution in [1.82, 2.24) is 0 Å². The number of hydrogen-bond acceptors (Lipinski definition) is 2. The summed E-state index contributed by atoms with van der Waals surface area (Å²) in [5.74, 6) is 1.31. The second-order valence-electron chi connectivity index (χ2n) is 2.02. The molecule has 12 heavy (non-hydrogen) atoms. The van der Waals surface area contributed by atoms with E-state index in [4.69, 9.17) is 9.47 Å². The highest BCUT2D eigenvalue weighted by molar-refractivity contribution is 9.11. The molecule has 2 nitrogen and oxygen atoms in total. The number of hydrogen-bond donors (Lipinski definition) is 0. The standard InChI is InChI=1S/C8H7Br2O2/c1-11-7-5(9)3-4-6(10)8(7)12-2/h3H,1-2H3. The maximum Gasteiger partial charge on any atom is 0.176 e. The average molecular weight is 295 g/mol. The number of rotatable bonds is 2. The molecule has 0 amide bonds. The van der Waals surface area contributed by atoms with Gasteiger partial charge in [-0.2, -0.15) is 0 Å². The number of halogens is 2. The number of methoxy groups -OCH3 is 2. The van der Waals surface area contributed by atoms with Crippen LogP contribution in [0, 0.1) is 6.07 Å². The van der Waals surface area contributed by atoms with Crippen molar-refractivity contribution in [3.05, 3.63) is 21.1 Å². The van der Waals surface area contributed by atoms with Gasteiger partial charge in [-0.15, -0.1) is 0 Å². The lowest BCUT2D eigenvalue weighted by Gasteiger charge is -2.09. The third-order valence-electron chi connectivity index (χ3n) is 1.36. The quantitative estimate of drug-likeness (QED) is 0.835. The first-order valence-electron chi connectivity index (χ1n) is 3.18. The molecule has 0 saturated carbocycles. The van der Waals surface area contributed by atoms with Crippen LogP contribution in [0.25, 0.3) is 0 Å². The maximum absolute atomic E-state index is 5.13. The first-order chi connectivity index (χ1) is 5.70. The first-order valence-corrected chi connectivity index (χ1v) is 4.77. The highest BCUT2D eigenvalue weighted by atomic mass is 79.9. The molecule has 0 saturated heterocycles. The molecule has 65 valence electrons. The summed E-state index contributed by atoms with van der Waals surface area (Å²) in [6, 6.07) is 4.73. The molecule has 1 aromatic carbocycles. The molecule has 1 radical (unpaired) electrons. The van der Waals surface area contributed by atoms with E-state index in [0.717, 1.165) is 8.95 Å². The van der Waals surface area contributed by atoms with Crippen LogP contribution < -0.4 is 9.47 Å². The van der Waals surface area contributed by atoms with Crippen LogP contribution in [0.4, 0.5) is 0 Å². The zero-order valence-corrected chi connectivity index (χ0v) is 9.82. The Hall–Kier alpha value is -0.220. The van der Waals surface area contributed by atoms with Gasteiger partial charge in [-0.05, 0) is 37.9 Å².